The van der Waals surface area contributed by atoms with Crippen molar-refractivity contribution < 1.29 is 8.42 Å². The molecule has 2 heterocycles. The first-order chi connectivity index (χ1) is 14.4. The number of piperidine rings is 1. The molecule has 6 nitrogen and oxygen atoms in total. The van der Waals surface area contributed by atoms with Crippen molar-refractivity contribution in [3.63, 3.8) is 0 Å². The van der Waals surface area contributed by atoms with Gasteiger partial charge in [-0.05, 0) is 55.5 Å². The van der Waals surface area contributed by atoms with Crippen LogP contribution >= 0.6 is 0 Å². The van der Waals surface area contributed by atoms with Crippen molar-refractivity contribution in [3.8, 4) is 6.07 Å². The summed E-state index contributed by atoms with van der Waals surface area (Å²) in [4.78, 5) is 11.6. The Bertz CT molecular complexity index is 1230. The predicted octanol–water partition coefficient (Wildman–Crippen LogP) is 4.21. The summed E-state index contributed by atoms with van der Waals surface area (Å²) in [6.07, 6.45) is 2.12. The van der Waals surface area contributed by atoms with Crippen LogP contribution in [0.4, 0.5) is 5.82 Å². The third kappa shape index (κ3) is 3.75. The molecule has 2 unspecified atom stereocenters. The van der Waals surface area contributed by atoms with Crippen LogP contribution in [0, 0.1) is 24.2 Å². The lowest BCUT2D eigenvalue weighted by molar-refractivity contribution is 0.443. The molecular weight excluding hydrogens is 396 g/mol. The van der Waals surface area contributed by atoms with Crippen LogP contribution in [-0.2, 0) is 9.84 Å². The number of sulfone groups is 1. The van der Waals surface area contributed by atoms with Gasteiger partial charge in [-0.1, -0.05) is 31.2 Å². The Hall–Kier alpha value is -2.98. The van der Waals surface area contributed by atoms with Gasteiger partial charge in [0.05, 0.1) is 22.0 Å². The van der Waals surface area contributed by atoms with E-state index in [9.17, 15) is 13.7 Å². The minimum absolute atomic E-state index is 0.127. The van der Waals surface area contributed by atoms with Crippen molar-refractivity contribution in [3.05, 3.63) is 59.8 Å². The van der Waals surface area contributed by atoms with E-state index in [4.69, 9.17) is 4.98 Å². The van der Waals surface area contributed by atoms with Gasteiger partial charge in [0.2, 0.25) is 9.84 Å². The van der Waals surface area contributed by atoms with E-state index in [1.165, 1.54) is 6.07 Å². The predicted molar refractivity (Wildman–Crippen MR) is 117 cm³/mol. The lowest BCUT2D eigenvalue weighted by Gasteiger charge is -2.33. The monoisotopic (exact) mass is 420 g/mol. The van der Waals surface area contributed by atoms with Gasteiger partial charge < -0.3 is 4.90 Å². The second-order valence-electron chi connectivity index (χ2n) is 7.99. The SMILES string of the molecule is Cc1cccc(S(=O)(=O)C(C#N)c2nc3ccccc3nc2N2CCCC(C)C2)c1. The van der Waals surface area contributed by atoms with Gasteiger partial charge in [0.15, 0.2) is 11.1 Å². The van der Waals surface area contributed by atoms with Gasteiger partial charge in [0.25, 0.3) is 0 Å². The summed E-state index contributed by atoms with van der Waals surface area (Å²) in [5.74, 6) is 0.969. The van der Waals surface area contributed by atoms with Crippen LogP contribution in [0.2, 0.25) is 0 Å². The molecule has 7 heteroatoms. The third-order valence-electron chi connectivity index (χ3n) is 5.53. The second-order valence-corrected chi connectivity index (χ2v) is 10.0. The first kappa shape index (κ1) is 20.3. The second kappa shape index (κ2) is 8.04. The lowest BCUT2D eigenvalue weighted by atomic mass is 10.00. The summed E-state index contributed by atoms with van der Waals surface area (Å²) in [6.45, 7) is 5.54. The summed E-state index contributed by atoms with van der Waals surface area (Å²) >= 11 is 0. The Labute approximate surface area is 177 Å². The number of hydrogen-bond donors (Lipinski definition) is 0. The Balaban J connectivity index is 1.91. The molecule has 3 aromatic rings. The highest BCUT2D eigenvalue weighted by Crippen LogP contribution is 2.35. The molecule has 0 aliphatic carbocycles. The lowest BCUT2D eigenvalue weighted by Crippen LogP contribution is -2.36. The molecule has 1 saturated heterocycles. The average Bonchev–Trinajstić information content (AvgIpc) is 2.73. The molecule has 30 heavy (non-hydrogen) atoms. The van der Waals surface area contributed by atoms with E-state index in [-0.39, 0.29) is 10.6 Å². The van der Waals surface area contributed by atoms with E-state index in [2.05, 4.69) is 16.8 Å². The highest BCUT2D eigenvalue weighted by molar-refractivity contribution is 7.92. The fourth-order valence-electron chi connectivity index (χ4n) is 4.00. The summed E-state index contributed by atoms with van der Waals surface area (Å²) in [6, 6.07) is 16.0. The number of nitrogens with zero attached hydrogens (tertiary/aromatic N) is 4. The van der Waals surface area contributed by atoms with E-state index >= 15 is 0 Å². The number of benzene rings is 2. The van der Waals surface area contributed by atoms with Crippen LogP contribution in [0.5, 0.6) is 0 Å². The van der Waals surface area contributed by atoms with Gasteiger partial charge in [0.1, 0.15) is 5.69 Å². The van der Waals surface area contributed by atoms with Gasteiger partial charge in [0, 0.05) is 13.1 Å². The van der Waals surface area contributed by atoms with E-state index in [0.29, 0.717) is 22.8 Å². The van der Waals surface area contributed by atoms with Crippen LogP contribution in [-0.4, -0.2) is 31.5 Å². The summed E-state index contributed by atoms with van der Waals surface area (Å²) in [5.41, 5.74) is 2.31. The maximum atomic E-state index is 13.4. The van der Waals surface area contributed by atoms with Crippen LogP contribution in [0.25, 0.3) is 11.0 Å². The first-order valence-corrected chi connectivity index (χ1v) is 11.7. The van der Waals surface area contributed by atoms with E-state index in [1.807, 2.05) is 37.3 Å². The highest BCUT2D eigenvalue weighted by Gasteiger charge is 2.35. The number of fused-ring (bicyclic) bond motifs is 1. The fraction of sp³-hybridized carbons (Fsp3) is 0.348. The van der Waals surface area contributed by atoms with Gasteiger partial charge in [-0.25, -0.2) is 18.4 Å². The van der Waals surface area contributed by atoms with Crippen LogP contribution in [0.1, 0.15) is 36.3 Å². The van der Waals surface area contributed by atoms with Crippen molar-refractivity contribution in [2.45, 2.75) is 36.8 Å². The molecule has 1 aliphatic heterocycles. The average molecular weight is 421 g/mol. The molecule has 1 fully saturated rings. The number of para-hydroxylation sites is 2. The largest absolute Gasteiger partial charge is 0.355 e. The summed E-state index contributed by atoms with van der Waals surface area (Å²) in [5, 5.41) is 8.55. The molecule has 4 rings (SSSR count). The normalized spacial score (nSPS) is 18.2. The van der Waals surface area contributed by atoms with Crippen molar-refractivity contribution in [2.24, 2.45) is 5.92 Å². The van der Waals surface area contributed by atoms with E-state index in [0.717, 1.165) is 31.5 Å². The third-order valence-corrected chi connectivity index (χ3v) is 7.39. The quantitative estimate of drug-likeness (QED) is 0.628. The van der Waals surface area contributed by atoms with Crippen molar-refractivity contribution in [1.82, 2.24) is 9.97 Å². The smallest absolute Gasteiger partial charge is 0.200 e. The molecule has 2 atom stereocenters. The van der Waals surface area contributed by atoms with Gasteiger partial charge in [-0.2, -0.15) is 5.26 Å². The molecule has 0 radical (unpaired) electrons. The summed E-state index contributed by atoms with van der Waals surface area (Å²) < 4.78 is 26.9. The molecular formula is C23H24N4O2S. The standard InChI is InChI=1S/C23H24N4O2S/c1-16-7-5-9-18(13-16)30(28,29)21(14-24)22-23(27-12-6-8-17(2)15-27)26-20-11-4-3-10-19(20)25-22/h3-5,7,9-11,13,17,21H,6,8,12,15H2,1-2H3. The maximum absolute atomic E-state index is 13.4. The van der Waals surface area contributed by atoms with Crippen molar-refractivity contribution >= 4 is 26.7 Å². The van der Waals surface area contributed by atoms with E-state index in [1.54, 1.807) is 18.2 Å². The number of anilines is 1. The minimum atomic E-state index is -3.96. The Morgan fingerprint density at radius 1 is 1.13 bits per heavy atom. The van der Waals surface area contributed by atoms with Crippen molar-refractivity contribution in [1.29, 1.82) is 5.26 Å². The molecule has 1 aliphatic rings. The van der Waals surface area contributed by atoms with E-state index < -0.39 is 15.1 Å². The first-order valence-electron chi connectivity index (χ1n) is 10.1. The van der Waals surface area contributed by atoms with Crippen LogP contribution < -0.4 is 4.90 Å². The Morgan fingerprint density at radius 3 is 2.53 bits per heavy atom. The van der Waals surface area contributed by atoms with Gasteiger partial charge >= 0.3 is 0 Å². The molecule has 2 aromatic carbocycles. The number of aryl methyl sites for hydroxylation is 1. The Kier molecular flexibility index (Phi) is 5.44. The molecule has 0 N–H and O–H groups in total. The molecule has 0 spiro atoms. The zero-order valence-corrected chi connectivity index (χ0v) is 17.9. The number of nitriles is 1. The highest BCUT2D eigenvalue weighted by atomic mass is 32.2. The van der Waals surface area contributed by atoms with Crippen LogP contribution in [0.15, 0.2) is 53.4 Å². The Morgan fingerprint density at radius 2 is 1.87 bits per heavy atom. The zero-order chi connectivity index (χ0) is 21.3. The van der Waals surface area contributed by atoms with Crippen molar-refractivity contribution in [2.75, 3.05) is 18.0 Å². The van der Waals surface area contributed by atoms with Gasteiger partial charge in [-0.15, -0.1) is 0 Å². The van der Waals surface area contributed by atoms with Crippen LogP contribution in [0.3, 0.4) is 0 Å². The molecule has 0 amide bonds. The fourth-order valence-corrected chi connectivity index (χ4v) is 5.48. The number of aromatic nitrogens is 2. The van der Waals surface area contributed by atoms with Gasteiger partial charge in [-0.3, -0.25) is 0 Å². The zero-order valence-electron chi connectivity index (χ0n) is 17.1. The topological polar surface area (TPSA) is 86.9 Å². The minimum Gasteiger partial charge on any atom is -0.355 e. The number of hydrogen-bond acceptors (Lipinski definition) is 6. The number of rotatable bonds is 4. The molecule has 1 aromatic heterocycles. The molecule has 0 bridgehead atoms. The molecule has 154 valence electrons. The maximum Gasteiger partial charge on any atom is 0.200 e. The molecule has 0 saturated carbocycles. The summed E-state index contributed by atoms with van der Waals surface area (Å²) in [7, 11) is -3.96.